The van der Waals surface area contributed by atoms with Crippen LogP contribution in [0.15, 0.2) is 54.6 Å². The molecule has 2 bridgehead atoms. The van der Waals surface area contributed by atoms with Gasteiger partial charge in [0, 0.05) is 12.1 Å². The minimum Gasteiger partial charge on any atom is -0.423 e. The van der Waals surface area contributed by atoms with E-state index >= 15 is 0 Å². The van der Waals surface area contributed by atoms with Gasteiger partial charge in [0.1, 0.15) is 5.75 Å². The van der Waals surface area contributed by atoms with Crippen molar-refractivity contribution >= 4 is 5.97 Å². The Morgan fingerprint density at radius 2 is 1.88 bits per heavy atom. The summed E-state index contributed by atoms with van der Waals surface area (Å²) in [6.45, 7) is 2.35. The van der Waals surface area contributed by atoms with Gasteiger partial charge in [0.25, 0.3) is 0 Å². The van der Waals surface area contributed by atoms with Crippen LogP contribution in [-0.2, 0) is 0 Å². The van der Waals surface area contributed by atoms with Crippen molar-refractivity contribution in [1.29, 1.82) is 0 Å². The first-order valence-electron chi connectivity index (χ1n) is 9.22. The van der Waals surface area contributed by atoms with Gasteiger partial charge in [-0.1, -0.05) is 30.3 Å². The summed E-state index contributed by atoms with van der Waals surface area (Å²) in [5.74, 6) is 1.61. The monoisotopic (exact) mass is 335 g/mol. The van der Waals surface area contributed by atoms with Crippen molar-refractivity contribution in [3.8, 4) is 5.75 Å². The highest BCUT2D eigenvalue weighted by Crippen LogP contribution is 2.47. The van der Waals surface area contributed by atoms with Gasteiger partial charge >= 0.3 is 5.97 Å². The number of hydrogen-bond donors (Lipinski definition) is 0. The molecule has 1 heterocycles. The molecule has 1 aliphatic carbocycles. The minimum absolute atomic E-state index is 0.296. The number of carbonyl (C=O) groups excluding carboxylic acids is 1. The number of ether oxygens (including phenoxy) is 1. The number of nitrogens with zero attached hydrogens (tertiary/aromatic N) is 1. The van der Waals surface area contributed by atoms with Gasteiger partial charge in [0.05, 0.1) is 5.56 Å². The number of benzene rings is 2. The van der Waals surface area contributed by atoms with Crippen LogP contribution in [0.1, 0.15) is 48.0 Å². The summed E-state index contributed by atoms with van der Waals surface area (Å²) in [5, 5.41) is 0. The van der Waals surface area contributed by atoms with Crippen LogP contribution in [0, 0.1) is 5.92 Å². The average molecular weight is 335 g/mol. The maximum Gasteiger partial charge on any atom is 0.343 e. The second kappa shape index (κ2) is 6.64. The van der Waals surface area contributed by atoms with E-state index in [0.29, 0.717) is 29.2 Å². The molecule has 1 saturated carbocycles. The molecule has 0 amide bonds. The van der Waals surface area contributed by atoms with Crippen LogP contribution in [0.25, 0.3) is 0 Å². The van der Waals surface area contributed by atoms with Gasteiger partial charge in [0.15, 0.2) is 0 Å². The maximum atomic E-state index is 12.3. The molecule has 3 heteroatoms. The fourth-order valence-electron chi connectivity index (χ4n) is 4.68. The Kier molecular flexibility index (Phi) is 4.34. The van der Waals surface area contributed by atoms with E-state index in [4.69, 9.17) is 4.74 Å². The quantitative estimate of drug-likeness (QED) is 0.611. The molecule has 0 N–H and O–H groups in total. The Labute approximate surface area is 149 Å². The molecule has 3 nitrogen and oxygen atoms in total. The van der Waals surface area contributed by atoms with Crippen molar-refractivity contribution in [1.82, 2.24) is 4.90 Å². The summed E-state index contributed by atoms with van der Waals surface area (Å²) in [6.07, 6.45) is 3.77. The second-order valence-corrected chi connectivity index (χ2v) is 7.47. The fraction of sp³-hybridized carbons (Fsp3) is 0.409. The molecule has 2 aromatic rings. The van der Waals surface area contributed by atoms with E-state index in [-0.39, 0.29) is 5.97 Å². The van der Waals surface area contributed by atoms with E-state index in [1.165, 1.54) is 24.8 Å². The first-order valence-corrected chi connectivity index (χ1v) is 9.22. The van der Waals surface area contributed by atoms with Crippen LogP contribution in [0.4, 0.5) is 0 Å². The Hall–Kier alpha value is -2.13. The molecule has 4 atom stereocenters. The molecule has 4 unspecified atom stereocenters. The first kappa shape index (κ1) is 16.3. The lowest BCUT2D eigenvalue weighted by molar-refractivity contribution is 0.0734. The molecule has 0 radical (unpaired) electrons. The third-order valence-electron chi connectivity index (χ3n) is 6.22. The van der Waals surface area contributed by atoms with Crippen LogP contribution in [0.5, 0.6) is 5.75 Å². The summed E-state index contributed by atoms with van der Waals surface area (Å²) in [5.41, 5.74) is 1.89. The number of rotatable bonds is 3. The fourth-order valence-corrected chi connectivity index (χ4v) is 4.68. The predicted molar refractivity (Wildman–Crippen MR) is 98.9 cm³/mol. The van der Waals surface area contributed by atoms with Gasteiger partial charge in [-0.15, -0.1) is 0 Å². The van der Waals surface area contributed by atoms with E-state index in [2.05, 4.69) is 31.0 Å². The molecule has 1 saturated heterocycles. The number of carbonyl (C=O) groups is 1. The summed E-state index contributed by atoms with van der Waals surface area (Å²) < 4.78 is 5.61. The number of esters is 1. The lowest BCUT2D eigenvalue weighted by Crippen LogP contribution is -2.30. The molecule has 2 fully saturated rings. The third kappa shape index (κ3) is 3.09. The van der Waals surface area contributed by atoms with Crippen molar-refractivity contribution in [2.75, 3.05) is 7.05 Å². The lowest BCUT2D eigenvalue weighted by atomic mass is 9.74. The third-order valence-corrected chi connectivity index (χ3v) is 6.22. The highest BCUT2D eigenvalue weighted by Gasteiger charge is 2.44. The molecule has 0 aromatic heterocycles. The molecule has 4 rings (SSSR count). The van der Waals surface area contributed by atoms with Gasteiger partial charge in [-0.2, -0.15) is 0 Å². The SMILES string of the molecule is CC1C2CC(CCC2c2cccc(OC(=O)c3ccccc3)c2)N1C. The van der Waals surface area contributed by atoms with E-state index in [1.54, 1.807) is 12.1 Å². The largest absolute Gasteiger partial charge is 0.423 e. The van der Waals surface area contributed by atoms with Crippen LogP contribution in [0.2, 0.25) is 0 Å². The smallest absolute Gasteiger partial charge is 0.343 e. The highest BCUT2D eigenvalue weighted by atomic mass is 16.5. The number of likely N-dealkylation sites (tertiary alicyclic amines) is 1. The van der Waals surface area contributed by atoms with Crippen molar-refractivity contribution in [2.24, 2.45) is 5.92 Å². The normalized spacial score (nSPS) is 28.7. The Morgan fingerprint density at radius 3 is 2.68 bits per heavy atom. The number of fused-ring (bicyclic) bond motifs is 2. The molecular weight excluding hydrogens is 310 g/mol. The zero-order chi connectivity index (χ0) is 17.4. The highest BCUT2D eigenvalue weighted by molar-refractivity contribution is 5.90. The number of hydrogen-bond acceptors (Lipinski definition) is 3. The summed E-state index contributed by atoms with van der Waals surface area (Å²) >= 11 is 0. The van der Waals surface area contributed by atoms with Crippen molar-refractivity contribution < 1.29 is 9.53 Å². The molecule has 2 aromatic carbocycles. The second-order valence-electron chi connectivity index (χ2n) is 7.47. The Bertz CT molecular complexity index is 758. The lowest BCUT2D eigenvalue weighted by Gasteiger charge is -2.29. The summed E-state index contributed by atoms with van der Waals surface area (Å²) in [4.78, 5) is 14.8. The topological polar surface area (TPSA) is 29.5 Å². The Morgan fingerprint density at radius 1 is 1.08 bits per heavy atom. The standard InChI is InChI=1S/C22H25NO2/c1-15-21-14-18(23(15)2)11-12-20(21)17-9-6-10-19(13-17)25-22(24)16-7-4-3-5-8-16/h3-10,13,15,18,20-21H,11-12,14H2,1-2H3. The van der Waals surface area contributed by atoms with Gasteiger partial charge in [-0.3, -0.25) is 0 Å². The van der Waals surface area contributed by atoms with Crippen molar-refractivity contribution in [2.45, 2.75) is 44.2 Å². The summed E-state index contributed by atoms with van der Waals surface area (Å²) in [6, 6.07) is 18.7. The van der Waals surface area contributed by atoms with Gasteiger partial charge < -0.3 is 9.64 Å². The molecule has 2 aliphatic rings. The molecule has 130 valence electrons. The van der Waals surface area contributed by atoms with Crippen LogP contribution in [0.3, 0.4) is 0 Å². The molecule has 25 heavy (non-hydrogen) atoms. The summed E-state index contributed by atoms with van der Waals surface area (Å²) in [7, 11) is 2.26. The molecule has 1 aliphatic heterocycles. The van der Waals surface area contributed by atoms with Gasteiger partial charge in [-0.25, -0.2) is 4.79 Å². The van der Waals surface area contributed by atoms with Gasteiger partial charge in [0.2, 0.25) is 0 Å². The predicted octanol–water partition coefficient (Wildman–Crippen LogP) is 4.49. The van der Waals surface area contributed by atoms with Crippen molar-refractivity contribution in [3.05, 3.63) is 65.7 Å². The van der Waals surface area contributed by atoms with Crippen LogP contribution >= 0.6 is 0 Å². The van der Waals surface area contributed by atoms with Crippen LogP contribution < -0.4 is 4.74 Å². The molecule has 0 spiro atoms. The van der Waals surface area contributed by atoms with Crippen molar-refractivity contribution in [3.63, 3.8) is 0 Å². The van der Waals surface area contributed by atoms with Gasteiger partial charge in [-0.05, 0) is 74.9 Å². The van der Waals surface area contributed by atoms with E-state index < -0.39 is 0 Å². The van der Waals surface area contributed by atoms with E-state index in [0.717, 1.165) is 6.04 Å². The zero-order valence-corrected chi connectivity index (χ0v) is 14.9. The van der Waals surface area contributed by atoms with E-state index in [1.807, 2.05) is 30.3 Å². The molecular formula is C22H25NO2. The van der Waals surface area contributed by atoms with E-state index in [9.17, 15) is 4.79 Å². The maximum absolute atomic E-state index is 12.3. The minimum atomic E-state index is -0.296. The Balaban J connectivity index is 1.53. The van der Waals surface area contributed by atoms with Crippen LogP contribution in [-0.4, -0.2) is 30.0 Å². The zero-order valence-electron chi connectivity index (χ0n) is 14.9. The average Bonchev–Trinajstić information content (AvgIpc) is 2.87. The first-order chi connectivity index (χ1) is 12.1.